The molecule has 0 aliphatic rings. The first kappa shape index (κ1) is 18.2. The van der Waals surface area contributed by atoms with E-state index in [-0.39, 0.29) is 18.1 Å². The molecule has 3 aromatic rings. The standard InChI is InChI=1S/C19H19N3O5/c1-21(18(23)13-4-8-15(25-2)9-5-13)12-17-19(24)27-20-22(17)14-6-10-16(26-3)11-7-14/h4-11H,12H2,1-3H3. The van der Waals surface area contributed by atoms with Gasteiger partial charge in [-0.15, -0.1) is 0 Å². The summed E-state index contributed by atoms with van der Waals surface area (Å²) in [5.74, 6) is 0.505. The smallest absolute Gasteiger partial charge is 0.259 e. The van der Waals surface area contributed by atoms with E-state index in [2.05, 4.69) is 5.27 Å². The summed E-state index contributed by atoms with van der Waals surface area (Å²) in [6.45, 7) is 0.0409. The first-order chi connectivity index (χ1) is 13.0. The van der Waals surface area contributed by atoms with Gasteiger partial charge in [0.25, 0.3) is 11.6 Å². The van der Waals surface area contributed by atoms with Crippen molar-refractivity contribution in [3.8, 4) is 23.1 Å². The van der Waals surface area contributed by atoms with Gasteiger partial charge in [-0.3, -0.25) is 4.79 Å². The van der Waals surface area contributed by atoms with Crippen molar-refractivity contribution in [3.05, 3.63) is 59.8 Å². The van der Waals surface area contributed by atoms with Crippen LogP contribution in [-0.4, -0.2) is 37.3 Å². The van der Waals surface area contributed by atoms with Gasteiger partial charge >= 0.3 is 0 Å². The number of ether oxygens (including phenoxy) is 2. The number of benzene rings is 2. The van der Waals surface area contributed by atoms with Gasteiger partial charge in [0.1, 0.15) is 18.0 Å². The minimum absolute atomic E-state index is 0.0409. The van der Waals surface area contributed by atoms with Crippen LogP contribution in [-0.2, 0) is 6.54 Å². The van der Waals surface area contributed by atoms with Crippen molar-refractivity contribution in [1.82, 2.24) is 10.2 Å². The topological polar surface area (TPSA) is 91.7 Å². The summed E-state index contributed by atoms with van der Waals surface area (Å²) in [6.07, 6.45) is 0. The summed E-state index contributed by atoms with van der Waals surface area (Å²) in [4.78, 5) is 14.0. The van der Waals surface area contributed by atoms with Gasteiger partial charge in [-0.25, -0.2) is 0 Å². The zero-order valence-corrected chi connectivity index (χ0v) is 15.2. The van der Waals surface area contributed by atoms with Crippen molar-refractivity contribution >= 4 is 5.91 Å². The van der Waals surface area contributed by atoms with Crippen LogP contribution >= 0.6 is 0 Å². The fourth-order valence-corrected chi connectivity index (χ4v) is 2.57. The number of aromatic nitrogens is 2. The predicted molar refractivity (Wildman–Crippen MR) is 92.8 cm³/mol. The van der Waals surface area contributed by atoms with E-state index >= 15 is 0 Å². The Morgan fingerprint density at radius 1 is 1.07 bits per heavy atom. The van der Waals surface area contributed by atoms with E-state index in [1.165, 1.54) is 9.58 Å². The summed E-state index contributed by atoms with van der Waals surface area (Å²) in [5, 5.41) is 15.9. The number of carbonyl (C=O) groups is 1. The van der Waals surface area contributed by atoms with E-state index in [1.54, 1.807) is 69.8 Å². The molecule has 0 radical (unpaired) electrons. The van der Waals surface area contributed by atoms with Gasteiger partial charge in [0.2, 0.25) is 5.69 Å². The van der Waals surface area contributed by atoms with Crippen molar-refractivity contribution in [2.45, 2.75) is 6.54 Å². The minimum atomic E-state index is -0.597. The molecule has 0 saturated carbocycles. The van der Waals surface area contributed by atoms with E-state index in [0.717, 1.165) is 0 Å². The second-order valence-electron chi connectivity index (χ2n) is 5.81. The van der Waals surface area contributed by atoms with Gasteiger partial charge < -0.3 is 24.0 Å². The summed E-state index contributed by atoms with van der Waals surface area (Å²) < 4.78 is 16.4. The Balaban J connectivity index is 1.81. The highest BCUT2D eigenvalue weighted by molar-refractivity contribution is 5.94. The lowest BCUT2D eigenvalue weighted by molar-refractivity contribution is -0.678. The molecule has 1 aromatic heterocycles. The molecule has 140 valence electrons. The highest BCUT2D eigenvalue weighted by atomic mass is 16.6. The summed E-state index contributed by atoms with van der Waals surface area (Å²) in [7, 11) is 4.74. The monoisotopic (exact) mass is 369 g/mol. The van der Waals surface area contributed by atoms with Gasteiger partial charge in [0, 0.05) is 24.7 Å². The lowest BCUT2D eigenvalue weighted by atomic mass is 10.2. The fraction of sp³-hybridized carbons (Fsp3) is 0.211. The SMILES string of the molecule is COc1ccc(C(=O)N(C)Cc2c([O-])on[n+]2-c2ccc(OC)cc2)cc1. The number of carbonyl (C=O) groups excluding carboxylic acids is 1. The number of nitrogens with zero attached hydrogens (tertiary/aromatic N) is 3. The van der Waals surface area contributed by atoms with Crippen LogP contribution in [0.4, 0.5) is 0 Å². The summed E-state index contributed by atoms with van der Waals surface area (Å²) in [6, 6.07) is 13.7. The molecule has 0 spiro atoms. The molecule has 0 saturated heterocycles. The molecule has 8 nitrogen and oxygen atoms in total. The molecule has 0 bridgehead atoms. The quantitative estimate of drug-likeness (QED) is 0.609. The van der Waals surface area contributed by atoms with Crippen LogP contribution < -0.4 is 19.3 Å². The van der Waals surface area contributed by atoms with Crippen LogP contribution in [0, 0.1) is 0 Å². The van der Waals surface area contributed by atoms with E-state index in [0.29, 0.717) is 22.7 Å². The third-order valence-corrected chi connectivity index (χ3v) is 4.08. The van der Waals surface area contributed by atoms with Crippen molar-refractivity contribution in [2.75, 3.05) is 21.3 Å². The van der Waals surface area contributed by atoms with Crippen molar-refractivity contribution in [1.29, 1.82) is 0 Å². The van der Waals surface area contributed by atoms with Crippen molar-refractivity contribution in [3.63, 3.8) is 0 Å². The number of methoxy groups -OCH3 is 2. The van der Waals surface area contributed by atoms with Crippen LogP contribution in [0.15, 0.2) is 53.1 Å². The molecule has 0 unspecified atom stereocenters. The van der Waals surface area contributed by atoms with Crippen molar-refractivity contribution < 1.29 is 28.6 Å². The lowest BCUT2D eigenvalue weighted by Crippen LogP contribution is -2.40. The van der Waals surface area contributed by atoms with Gasteiger partial charge in [-0.1, -0.05) is 0 Å². The maximum atomic E-state index is 12.6. The largest absolute Gasteiger partial charge is 0.539 e. The van der Waals surface area contributed by atoms with Gasteiger partial charge in [0.15, 0.2) is 5.95 Å². The zero-order chi connectivity index (χ0) is 19.4. The highest BCUT2D eigenvalue weighted by Crippen LogP contribution is 2.17. The first-order valence-corrected chi connectivity index (χ1v) is 8.15. The first-order valence-electron chi connectivity index (χ1n) is 8.15. The van der Waals surface area contributed by atoms with Crippen LogP contribution in [0.3, 0.4) is 0 Å². The third kappa shape index (κ3) is 3.84. The molecular weight excluding hydrogens is 350 g/mol. The number of hydrogen-bond donors (Lipinski definition) is 0. The average molecular weight is 369 g/mol. The van der Waals surface area contributed by atoms with Crippen LogP contribution in [0.5, 0.6) is 17.4 Å². The highest BCUT2D eigenvalue weighted by Gasteiger charge is 2.24. The number of rotatable bonds is 6. The minimum Gasteiger partial charge on any atom is -0.539 e. The van der Waals surface area contributed by atoms with Gasteiger partial charge in [-0.05, 0) is 41.1 Å². The predicted octanol–water partition coefficient (Wildman–Crippen LogP) is 1.31. The molecule has 1 heterocycles. The Kier molecular flexibility index (Phi) is 5.25. The Hall–Kier alpha value is -3.55. The Morgan fingerprint density at radius 3 is 2.19 bits per heavy atom. The van der Waals surface area contributed by atoms with Crippen LogP contribution in [0.2, 0.25) is 0 Å². The lowest BCUT2D eigenvalue weighted by Gasteiger charge is -2.15. The molecular formula is C19H19N3O5. The Bertz CT molecular complexity index is 920. The molecule has 0 atom stereocenters. The molecule has 0 fully saturated rings. The molecule has 8 heteroatoms. The van der Waals surface area contributed by atoms with Crippen LogP contribution in [0.25, 0.3) is 5.69 Å². The maximum Gasteiger partial charge on any atom is 0.259 e. The second kappa shape index (κ2) is 7.77. The van der Waals surface area contributed by atoms with E-state index in [9.17, 15) is 9.90 Å². The second-order valence-corrected chi connectivity index (χ2v) is 5.81. The number of amides is 1. The molecule has 0 N–H and O–H groups in total. The van der Waals surface area contributed by atoms with Gasteiger partial charge in [0.05, 0.1) is 19.5 Å². The maximum absolute atomic E-state index is 12.6. The Labute approximate surface area is 156 Å². The van der Waals surface area contributed by atoms with Gasteiger partial charge in [-0.2, -0.15) is 0 Å². The summed E-state index contributed by atoms with van der Waals surface area (Å²) >= 11 is 0. The molecule has 0 aliphatic heterocycles. The summed E-state index contributed by atoms with van der Waals surface area (Å²) in [5.41, 5.74) is 1.35. The van der Waals surface area contributed by atoms with E-state index in [4.69, 9.17) is 14.0 Å². The van der Waals surface area contributed by atoms with Crippen molar-refractivity contribution in [2.24, 2.45) is 0 Å². The molecule has 2 aromatic carbocycles. The number of hydrogen-bond acceptors (Lipinski definition) is 6. The Morgan fingerprint density at radius 2 is 1.63 bits per heavy atom. The normalized spacial score (nSPS) is 10.5. The zero-order valence-electron chi connectivity index (χ0n) is 15.2. The molecule has 27 heavy (non-hydrogen) atoms. The van der Waals surface area contributed by atoms with E-state index < -0.39 is 5.95 Å². The van der Waals surface area contributed by atoms with Crippen LogP contribution in [0.1, 0.15) is 16.1 Å². The fourth-order valence-electron chi connectivity index (χ4n) is 2.57. The third-order valence-electron chi connectivity index (χ3n) is 4.08. The molecule has 3 rings (SSSR count). The average Bonchev–Trinajstić information content (AvgIpc) is 3.07. The molecule has 0 aliphatic carbocycles. The molecule has 1 amide bonds. The van der Waals surface area contributed by atoms with E-state index in [1.807, 2.05) is 0 Å².